The summed E-state index contributed by atoms with van der Waals surface area (Å²) in [6.07, 6.45) is -2.49. The average Bonchev–Trinajstić information content (AvgIpc) is 3.19. The lowest BCUT2D eigenvalue weighted by molar-refractivity contribution is -0.259. The highest BCUT2D eigenvalue weighted by atomic mass is 19.4. The van der Waals surface area contributed by atoms with Crippen molar-refractivity contribution in [3.8, 4) is 5.75 Å². The minimum absolute atomic E-state index is 0.00491. The molecule has 1 N–H and O–H groups in total. The minimum Gasteiger partial charge on any atom is -0.492 e. The summed E-state index contributed by atoms with van der Waals surface area (Å²) in [7, 11) is 0. The second-order valence-electron chi connectivity index (χ2n) is 6.34. The topological polar surface area (TPSA) is 46.5 Å². The van der Waals surface area contributed by atoms with Gasteiger partial charge in [0.25, 0.3) is 0 Å². The predicted molar refractivity (Wildman–Crippen MR) is 73.2 cm³/mol. The fraction of sp³-hybridized carbons (Fsp3) is 0.562. The van der Waals surface area contributed by atoms with Crippen molar-refractivity contribution in [1.82, 2.24) is 0 Å². The van der Waals surface area contributed by atoms with Crippen LogP contribution in [-0.4, -0.2) is 23.9 Å². The van der Waals surface area contributed by atoms with Gasteiger partial charge in [-0.1, -0.05) is 6.42 Å². The van der Waals surface area contributed by atoms with Crippen LogP contribution in [0.1, 0.15) is 53.9 Å². The molecule has 0 heterocycles. The number of hydrogen-bond acceptors (Lipinski definition) is 2. The van der Waals surface area contributed by atoms with Crippen LogP contribution in [0.25, 0.3) is 0 Å². The molecular weight excluding hydrogens is 316 g/mol. The summed E-state index contributed by atoms with van der Waals surface area (Å²) in [6, 6.07) is 2.31. The van der Waals surface area contributed by atoms with Crippen LogP contribution in [0.2, 0.25) is 0 Å². The standard InChI is InChI=1S/C16H16F4O3/c17-13-10(14(21)22)4-5-11(12(13)9-2-3-9)23-8-15(6-1-7-15)16(18,19)20/h4-5,9H,1-3,6-8H2,(H,21,22). The number of aromatic carboxylic acids is 1. The zero-order valence-corrected chi connectivity index (χ0v) is 12.3. The van der Waals surface area contributed by atoms with Crippen LogP contribution in [0.15, 0.2) is 12.1 Å². The van der Waals surface area contributed by atoms with Crippen molar-refractivity contribution in [3.05, 3.63) is 29.1 Å². The van der Waals surface area contributed by atoms with Gasteiger partial charge in [-0.05, 0) is 43.7 Å². The molecule has 126 valence electrons. The predicted octanol–water partition coefficient (Wildman–Crippen LogP) is 4.51. The lowest BCUT2D eigenvalue weighted by Gasteiger charge is -2.42. The number of carboxylic acid groups (broad SMARTS) is 1. The molecule has 3 rings (SSSR count). The molecule has 0 atom stereocenters. The van der Waals surface area contributed by atoms with E-state index in [9.17, 15) is 22.4 Å². The van der Waals surface area contributed by atoms with E-state index < -0.39 is 35.5 Å². The fourth-order valence-electron chi connectivity index (χ4n) is 2.95. The Balaban J connectivity index is 1.86. The molecule has 0 saturated heterocycles. The van der Waals surface area contributed by atoms with Gasteiger partial charge in [0.05, 0.1) is 11.0 Å². The van der Waals surface area contributed by atoms with Crippen LogP contribution in [0.3, 0.4) is 0 Å². The molecule has 2 fully saturated rings. The number of alkyl halides is 3. The molecule has 7 heteroatoms. The molecule has 1 aromatic rings. The smallest absolute Gasteiger partial charge is 0.397 e. The largest absolute Gasteiger partial charge is 0.492 e. The van der Waals surface area contributed by atoms with Gasteiger partial charge in [-0.15, -0.1) is 0 Å². The van der Waals surface area contributed by atoms with E-state index in [2.05, 4.69) is 0 Å². The van der Waals surface area contributed by atoms with E-state index in [1.807, 2.05) is 0 Å². The highest BCUT2D eigenvalue weighted by Crippen LogP contribution is 2.54. The van der Waals surface area contributed by atoms with E-state index in [0.29, 0.717) is 19.3 Å². The van der Waals surface area contributed by atoms with Gasteiger partial charge < -0.3 is 9.84 Å². The van der Waals surface area contributed by atoms with Crippen molar-refractivity contribution in [2.75, 3.05) is 6.61 Å². The van der Waals surface area contributed by atoms with Crippen LogP contribution in [0.4, 0.5) is 17.6 Å². The Kier molecular flexibility index (Phi) is 3.77. The molecule has 2 aliphatic rings. The van der Waals surface area contributed by atoms with Gasteiger partial charge in [-0.2, -0.15) is 13.2 Å². The van der Waals surface area contributed by atoms with Gasteiger partial charge in [0.15, 0.2) is 0 Å². The Morgan fingerprint density at radius 3 is 2.39 bits per heavy atom. The minimum atomic E-state index is -4.36. The van der Waals surface area contributed by atoms with Crippen LogP contribution >= 0.6 is 0 Å². The Labute approximate surface area is 130 Å². The number of halogens is 4. The van der Waals surface area contributed by atoms with E-state index in [1.54, 1.807) is 0 Å². The van der Waals surface area contributed by atoms with E-state index in [-0.39, 0.29) is 30.1 Å². The van der Waals surface area contributed by atoms with Gasteiger partial charge in [-0.3, -0.25) is 0 Å². The molecule has 1 aromatic carbocycles. The molecule has 0 unspecified atom stereocenters. The highest BCUT2D eigenvalue weighted by Gasteiger charge is 2.59. The summed E-state index contributed by atoms with van der Waals surface area (Å²) in [4.78, 5) is 11.0. The maximum atomic E-state index is 14.3. The maximum absolute atomic E-state index is 14.3. The molecule has 3 nitrogen and oxygen atoms in total. The third-order valence-corrected chi connectivity index (χ3v) is 4.77. The molecule has 0 radical (unpaired) electrons. The Morgan fingerprint density at radius 2 is 1.96 bits per heavy atom. The molecule has 2 saturated carbocycles. The molecule has 0 aromatic heterocycles. The zero-order valence-electron chi connectivity index (χ0n) is 12.3. The van der Waals surface area contributed by atoms with Crippen LogP contribution in [0, 0.1) is 11.2 Å². The average molecular weight is 332 g/mol. The lowest BCUT2D eigenvalue weighted by atomic mass is 9.69. The number of carbonyl (C=O) groups is 1. The molecule has 0 bridgehead atoms. The van der Waals surface area contributed by atoms with Crippen LogP contribution < -0.4 is 4.74 Å². The van der Waals surface area contributed by atoms with E-state index in [4.69, 9.17) is 9.84 Å². The summed E-state index contributed by atoms with van der Waals surface area (Å²) >= 11 is 0. The summed E-state index contributed by atoms with van der Waals surface area (Å²) in [6.45, 7) is -0.553. The highest BCUT2D eigenvalue weighted by molar-refractivity contribution is 5.88. The monoisotopic (exact) mass is 332 g/mol. The first-order valence-corrected chi connectivity index (χ1v) is 7.50. The van der Waals surface area contributed by atoms with Crippen molar-refractivity contribution in [2.24, 2.45) is 5.41 Å². The zero-order chi connectivity index (χ0) is 16.8. The van der Waals surface area contributed by atoms with Crippen LogP contribution in [-0.2, 0) is 0 Å². The third-order valence-electron chi connectivity index (χ3n) is 4.77. The fourth-order valence-corrected chi connectivity index (χ4v) is 2.95. The quantitative estimate of drug-likeness (QED) is 0.807. The van der Waals surface area contributed by atoms with E-state index in [1.165, 1.54) is 6.07 Å². The van der Waals surface area contributed by atoms with Crippen molar-refractivity contribution >= 4 is 5.97 Å². The Bertz CT molecular complexity index is 631. The first-order valence-electron chi connectivity index (χ1n) is 7.50. The van der Waals surface area contributed by atoms with Crippen molar-refractivity contribution < 1.29 is 32.2 Å². The summed E-state index contributed by atoms with van der Waals surface area (Å²) < 4.78 is 59.1. The molecule has 2 aliphatic carbocycles. The van der Waals surface area contributed by atoms with Gasteiger partial charge in [0.2, 0.25) is 0 Å². The number of rotatable bonds is 5. The maximum Gasteiger partial charge on any atom is 0.397 e. The summed E-state index contributed by atoms with van der Waals surface area (Å²) in [5.41, 5.74) is -2.24. The molecule has 23 heavy (non-hydrogen) atoms. The lowest BCUT2D eigenvalue weighted by Crippen LogP contribution is -2.48. The van der Waals surface area contributed by atoms with Gasteiger partial charge >= 0.3 is 12.1 Å². The van der Waals surface area contributed by atoms with E-state index in [0.717, 1.165) is 6.07 Å². The van der Waals surface area contributed by atoms with Crippen molar-refractivity contribution in [3.63, 3.8) is 0 Å². The second-order valence-corrected chi connectivity index (χ2v) is 6.34. The Hall–Kier alpha value is -1.79. The number of hydrogen-bond donors (Lipinski definition) is 1. The van der Waals surface area contributed by atoms with Gasteiger partial charge in [0.1, 0.15) is 18.2 Å². The first kappa shape index (κ1) is 16.1. The number of benzene rings is 1. The number of ether oxygens (including phenoxy) is 1. The van der Waals surface area contributed by atoms with Gasteiger partial charge in [-0.25, -0.2) is 9.18 Å². The Morgan fingerprint density at radius 1 is 1.30 bits per heavy atom. The van der Waals surface area contributed by atoms with Crippen LogP contribution in [0.5, 0.6) is 5.75 Å². The third kappa shape index (κ3) is 2.77. The molecular formula is C16H16F4O3. The number of carboxylic acids is 1. The molecule has 0 aliphatic heterocycles. The molecule has 0 amide bonds. The molecule has 0 spiro atoms. The SMILES string of the molecule is O=C(O)c1ccc(OCC2(C(F)(F)F)CCC2)c(C2CC2)c1F. The van der Waals surface area contributed by atoms with E-state index >= 15 is 0 Å². The van der Waals surface area contributed by atoms with Crippen molar-refractivity contribution in [2.45, 2.75) is 44.2 Å². The van der Waals surface area contributed by atoms with Gasteiger partial charge in [0, 0.05) is 5.56 Å². The first-order chi connectivity index (χ1) is 10.8. The normalized spacial score (nSPS) is 20.0. The second kappa shape index (κ2) is 5.39. The van der Waals surface area contributed by atoms with Crippen molar-refractivity contribution in [1.29, 1.82) is 0 Å². The summed E-state index contributed by atoms with van der Waals surface area (Å²) in [5.74, 6) is -2.44. The summed E-state index contributed by atoms with van der Waals surface area (Å²) in [5, 5.41) is 8.97.